The average Bonchev–Trinajstić information content (AvgIpc) is 3.25. The topological polar surface area (TPSA) is 62.7 Å². The summed E-state index contributed by atoms with van der Waals surface area (Å²) in [4.78, 5) is 6.88. The second-order valence-electron chi connectivity index (χ2n) is 7.23. The van der Waals surface area contributed by atoms with Crippen LogP contribution in [0.2, 0.25) is 5.02 Å². The average molecular weight is 561 g/mol. The zero-order valence-electron chi connectivity index (χ0n) is 17.1. The van der Waals surface area contributed by atoms with Crippen LogP contribution >= 0.6 is 38.9 Å². The van der Waals surface area contributed by atoms with Crippen LogP contribution in [-0.2, 0) is 16.4 Å². The van der Waals surface area contributed by atoms with Gasteiger partial charge in [0.15, 0.2) is 5.13 Å². The molecule has 3 aromatic rings. The number of piperazine rings is 1. The van der Waals surface area contributed by atoms with Gasteiger partial charge in [-0.05, 0) is 35.9 Å². The van der Waals surface area contributed by atoms with Crippen LogP contribution in [0.3, 0.4) is 0 Å². The summed E-state index contributed by atoms with van der Waals surface area (Å²) < 4.78 is 47.4. The standard InChI is InChI=1S/C21H20BrClFN3O3S2/c1-30-19-5-3-15(22)12-20(19)32(28,29)27-8-6-26(7-9-27)21-25-16(13-31-21)10-14-2-4-17(23)18(24)11-14/h2-5,11-13H,6-10H2,1H3. The van der Waals surface area contributed by atoms with Crippen LogP contribution in [0.25, 0.3) is 0 Å². The molecule has 0 aliphatic carbocycles. The largest absolute Gasteiger partial charge is 0.495 e. The lowest BCUT2D eigenvalue weighted by Crippen LogP contribution is -2.48. The Morgan fingerprint density at radius 1 is 1.19 bits per heavy atom. The van der Waals surface area contributed by atoms with Crippen molar-refractivity contribution in [3.63, 3.8) is 0 Å². The van der Waals surface area contributed by atoms with Gasteiger partial charge in [-0.2, -0.15) is 4.31 Å². The second-order valence-corrected chi connectivity index (χ2v) is 11.3. The van der Waals surface area contributed by atoms with E-state index >= 15 is 0 Å². The van der Waals surface area contributed by atoms with Gasteiger partial charge >= 0.3 is 0 Å². The van der Waals surface area contributed by atoms with Gasteiger partial charge in [0.2, 0.25) is 10.0 Å². The molecule has 11 heteroatoms. The molecule has 0 radical (unpaired) electrons. The van der Waals surface area contributed by atoms with Crippen molar-refractivity contribution in [1.29, 1.82) is 0 Å². The molecule has 0 saturated carbocycles. The summed E-state index contributed by atoms with van der Waals surface area (Å²) in [6.45, 7) is 1.74. The summed E-state index contributed by atoms with van der Waals surface area (Å²) >= 11 is 10.6. The highest BCUT2D eigenvalue weighted by Crippen LogP contribution is 2.31. The van der Waals surface area contributed by atoms with Gasteiger partial charge in [-0.3, -0.25) is 0 Å². The quantitative estimate of drug-likeness (QED) is 0.433. The number of sulfonamides is 1. The predicted molar refractivity (Wildman–Crippen MR) is 128 cm³/mol. The monoisotopic (exact) mass is 559 g/mol. The van der Waals surface area contributed by atoms with E-state index in [0.717, 1.165) is 16.4 Å². The van der Waals surface area contributed by atoms with Crippen molar-refractivity contribution in [2.24, 2.45) is 0 Å². The molecule has 0 bridgehead atoms. The SMILES string of the molecule is COc1ccc(Br)cc1S(=O)(=O)N1CCN(c2nc(Cc3ccc(Cl)c(F)c3)cs2)CC1. The molecule has 0 amide bonds. The maximum atomic E-state index is 13.7. The number of aromatic nitrogens is 1. The second kappa shape index (κ2) is 9.64. The van der Waals surface area contributed by atoms with Gasteiger partial charge in [0.1, 0.15) is 16.5 Å². The van der Waals surface area contributed by atoms with Crippen LogP contribution in [0.5, 0.6) is 5.75 Å². The Morgan fingerprint density at radius 2 is 1.94 bits per heavy atom. The first-order valence-electron chi connectivity index (χ1n) is 9.75. The van der Waals surface area contributed by atoms with Crippen molar-refractivity contribution in [1.82, 2.24) is 9.29 Å². The molecule has 2 aromatic carbocycles. The van der Waals surface area contributed by atoms with Gasteiger partial charge in [-0.25, -0.2) is 17.8 Å². The molecule has 0 unspecified atom stereocenters. The van der Waals surface area contributed by atoms with Crippen LogP contribution in [-0.4, -0.2) is 51.0 Å². The molecule has 2 heterocycles. The first-order valence-corrected chi connectivity index (χ1v) is 13.2. The third-order valence-electron chi connectivity index (χ3n) is 5.16. The summed E-state index contributed by atoms with van der Waals surface area (Å²) in [5.74, 6) is -0.127. The van der Waals surface area contributed by atoms with Crippen molar-refractivity contribution < 1.29 is 17.5 Å². The van der Waals surface area contributed by atoms with E-state index < -0.39 is 15.8 Å². The van der Waals surface area contributed by atoms with Crippen molar-refractivity contribution in [3.8, 4) is 5.75 Å². The number of thiazole rings is 1. The Bertz CT molecular complexity index is 1230. The van der Waals surface area contributed by atoms with Crippen LogP contribution in [0.1, 0.15) is 11.3 Å². The van der Waals surface area contributed by atoms with Crippen molar-refractivity contribution >= 4 is 54.0 Å². The lowest BCUT2D eigenvalue weighted by atomic mass is 10.1. The minimum Gasteiger partial charge on any atom is -0.495 e. The number of benzene rings is 2. The van der Waals surface area contributed by atoms with Gasteiger partial charge < -0.3 is 9.64 Å². The molecule has 1 aromatic heterocycles. The van der Waals surface area contributed by atoms with E-state index in [-0.39, 0.29) is 9.92 Å². The number of halogens is 3. The Kier molecular flexibility index (Phi) is 7.06. The third-order valence-corrected chi connectivity index (χ3v) is 8.83. The Morgan fingerprint density at radius 3 is 2.62 bits per heavy atom. The van der Waals surface area contributed by atoms with E-state index in [2.05, 4.69) is 25.8 Å². The molecule has 1 saturated heterocycles. The molecular weight excluding hydrogens is 541 g/mol. The number of nitrogens with zero attached hydrogens (tertiary/aromatic N) is 3. The van der Waals surface area contributed by atoms with Gasteiger partial charge in [-0.1, -0.05) is 33.6 Å². The van der Waals surface area contributed by atoms with Gasteiger partial charge in [0.25, 0.3) is 0 Å². The Labute approximate surface area is 203 Å². The molecule has 1 fully saturated rings. The summed E-state index contributed by atoms with van der Waals surface area (Å²) in [5.41, 5.74) is 1.63. The maximum absolute atomic E-state index is 13.7. The van der Waals surface area contributed by atoms with Crippen LogP contribution in [0, 0.1) is 5.82 Å². The van der Waals surface area contributed by atoms with E-state index in [1.54, 1.807) is 30.3 Å². The van der Waals surface area contributed by atoms with Crippen LogP contribution in [0.4, 0.5) is 9.52 Å². The normalized spacial score (nSPS) is 15.2. The van der Waals surface area contributed by atoms with Crippen LogP contribution in [0.15, 0.2) is 51.1 Å². The van der Waals surface area contributed by atoms with Gasteiger partial charge in [-0.15, -0.1) is 11.3 Å². The fourth-order valence-electron chi connectivity index (χ4n) is 3.49. The number of methoxy groups -OCH3 is 1. The van der Waals surface area contributed by atoms with Gasteiger partial charge in [0.05, 0.1) is 17.8 Å². The summed E-state index contributed by atoms with van der Waals surface area (Å²) in [5, 5.41) is 2.87. The summed E-state index contributed by atoms with van der Waals surface area (Å²) in [7, 11) is -2.23. The van der Waals surface area contributed by atoms with Crippen molar-refractivity contribution in [2.75, 3.05) is 38.2 Å². The molecule has 1 aliphatic heterocycles. The molecule has 0 atom stereocenters. The van der Waals surface area contributed by atoms with Crippen LogP contribution < -0.4 is 9.64 Å². The predicted octanol–water partition coefficient (Wildman–Crippen LogP) is 4.81. The Hall–Kier alpha value is -1.72. The van der Waals surface area contributed by atoms with Gasteiger partial charge in [0, 0.05) is 42.5 Å². The number of hydrogen-bond donors (Lipinski definition) is 0. The van der Waals surface area contributed by atoms with E-state index in [4.69, 9.17) is 16.3 Å². The summed E-state index contributed by atoms with van der Waals surface area (Å²) in [6, 6.07) is 9.68. The molecule has 6 nitrogen and oxygen atoms in total. The lowest BCUT2D eigenvalue weighted by Gasteiger charge is -2.34. The summed E-state index contributed by atoms with van der Waals surface area (Å²) in [6.07, 6.45) is 0.502. The minimum absolute atomic E-state index is 0.0982. The Balaban J connectivity index is 1.43. The van der Waals surface area contributed by atoms with E-state index in [0.29, 0.717) is 42.8 Å². The van der Waals surface area contributed by atoms with Crippen molar-refractivity contribution in [2.45, 2.75) is 11.3 Å². The molecule has 0 N–H and O–H groups in total. The number of ether oxygens (including phenoxy) is 1. The van der Waals surface area contributed by atoms with Crippen molar-refractivity contribution in [3.05, 3.63) is 68.3 Å². The number of anilines is 1. The highest BCUT2D eigenvalue weighted by Gasteiger charge is 2.31. The first-order chi connectivity index (χ1) is 15.3. The highest BCUT2D eigenvalue weighted by atomic mass is 79.9. The lowest BCUT2D eigenvalue weighted by molar-refractivity contribution is 0.374. The molecular formula is C21H20BrClFN3O3S2. The fraction of sp³-hybridized carbons (Fsp3) is 0.286. The zero-order valence-corrected chi connectivity index (χ0v) is 21.1. The number of hydrogen-bond acceptors (Lipinski definition) is 6. The smallest absolute Gasteiger partial charge is 0.246 e. The molecule has 1 aliphatic rings. The minimum atomic E-state index is -3.69. The highest BCUT2D eigenvalue weighted by molar-refractivity contribution is 9.10. The molecule has 4 rings (SSSR count). The molecule has 0 spiro atoms. The van der Waals surface area contributed by atoms with E-state index in [1.165, 1.54) is 28.8 Å². The van der Waals surface area contributed by atoms with E-state index in [1.807, 2.05) is 5.38 Å². The molecule has 170 valence electrons. The molecule has 32 heavy (non-hydrogen) atoms. The maximum Gasteiger partial charge on any atom is 0.246 e. The third kappa shape index (κ3) is 4.94. The fourth-order valence-corrected chi connectivity index (χ4v) is 6.61. The first kappa shape index (κ1) is 23.4. The van der Waals surface area contributed by atoms with E-state index in [9.17, 15) is 12.8 Å². The zero-order chi connectivity index (χ0) is 22.9. The number of rotatable bonds is 6.